The summed E-state index contributed by atoms with van der Waals surface area (Å²) in [7, 11) is 1.75. The number of amides is 1. The van der Waals surface area contributed by atoms with Crippen molar-refractivity contribution in [1.82, 2.24) is 4.90 Å². The first-order valence-corrected chi connectivity index (χ1v) is 8.02. The Morgan fingerprint density at radius 3 is 2.25 bits per heavy atom. The summed E-state index contributed by atoms with van der Waals surface area (Å²) in [6.45, 7) is 1.88. The lowest BCUT2D eigenvalue weighted by Gasteiger charge is -2.17. The predicted octanol–water partition coefficient (Wildman–Crippen LogP) is 2.45. The van der Waals surface area contributed by atoms with Crippen molar-refractivity contribution in [3.63, 3.8) is 0 Å². The van der Waals surface area contributed by atoms with Crippen LogP contribution in [-0.4, -0.2) is 37.6 Å². The summed E-state index contributed by atoms with van der Waals surface area (Å²) in [6.07, 6.45) is 0.365. The number of nitrogens with two attached hydrogens (primary N) is 1. The smallest absolute Gasteiger partial charge is 0.223 e. The highest BCUT2D eigenvalue weighted by molar-refractivity contribution is 5.75. The zero-order valence-electron chi connectivity index (χ0n) is 14.0. The molecule has 0 aliphatic carbocycles. The van der Waals surface area contributed by atoms with Crippen molar-refractivity contribution in [2.75, 3.05) is 26.7 Å². The van der Waals surface area contributed by atoms with Crippen molar-refractivity contribution in [3.05, 3.63) is 60.2 Å². The van der Waals surface area contributed by atoms with Crippen molar-refractivity contribution in [1.29, 1.82) is 0 Å². The van der Waals surface area contributed by atoms with Gasteiger partial charge in [-0.25, -0.2) is 0 Å². The highest BCUT2D eigenvalue weighted by Crippen LogP contribution is 2.18. The van der Waals surface area contributed by atoms with E-state index < -0.39 is 0 Å². The first kappa shape index (κ1) is 17.8. The molecule has 1 amide bonds. The standard InChI is InChI=1S/C19H24N2O3/c1-21(19(22)11-12-20)13-14-23-17-7-9-18(10-8-17)24-15-16-5-3-2-4-6-16/h2-10H,11-15,20H2,1H3. The minimum Gasteiger partial charge on any atom is -0.492 e. The van der Waals surface area contributed by atoms with Crippen LogP contribution in [0, 0.1) is 0 Å². The summed E-state index contributed by atoms with van der Waals surface area (Å²) < 4.78 is 11.4. The molecule has 0 spiro atoms. The van der Waals surface area contributed by atoms with Crippen LogP contribution < -0.4 is 15.2 Å². The van der Waals surface area contributed by atoms with E-state index in [1.54, 1.807) is 11.9 Å². The molecule has 2 N–H and O–H groups in total. The zero-order chi connectivity index (χ0) is 17.2. The van der Waals surface area contributed by atoms with Crippen LogP contribution in [0.3, 0.4) is 0 Å². The summed E-state index contributed by atoms with van der Waals surface area (Å²) >= 11 is 0. The lowest BCUT2D eigenvalue weighted by Crippen LogP contribution is -2.32. The van der Waals surface area contributed by atoms with Crippen molar-refractivity contribution in [3.8, 4) is 11.5 Å². The molecule has 24 heavy (non-hydrogen) atoms. The second-order valence-corrected chi connectivity index (χ2v) is 5.45. The molecule has 0 saturated carbocycles. The molecule has 0 fully saturated rings. The van der Waals surface area contributed by atoms with Gasteiger partial charge < -0.3 is 20.1 Å². The van der Waals surface area contributed by atoms with Gasteiger partial charge in [0.05, 0.1) is 6.54 Å². The molecule has 5 nitrogen and oxygen atoms in total. The Morgan fingerprint density at radius 2 is 1.62 bits per heavy atom. The molecule has 2 rings (SSSR count). The maximum atomic E-state index is 11.6. The number of ether oxygens (including phenoxy) is 2. The molecule has 0 radical (unpaired) electrons. The van der Waals surface area contributed by atoms with Crippen LogP contribution in [-0.2, 0) is 11.4 Å². The van der Waals surface area contributed by atoms with Gasteiger partial charge in [0.1, 0.15) is 24.7 Å². The molecule has 0 aromatic heterocycles. The van der Waals surface area contributed by atoms with Crippen LogP contribution in [0.1, 0.15) is 12.0 Å². The second-order valence-electron chi connectivity index (χ2n) is 5.45. The summed E-state index contributed by atoms with van der Waals surface area (Å²) in [5, 5.41) is 0. The fourth-order valence-corrected chi connectivity index (χ4v) is 2.11. The first-order valence-electron chi connectivity index (χ1n) is 8.02. The second kappa shape index (κ2) is 9.57. The monoisotopic (exact) mass is 328 g/mol. The first-order chi connectivity index (χ1) is 11.7. The van der Waals surface area contributed by atoms with Crippen molar-refractivity contribution >= 4 is 5.91 Å². The van der Waals surface area contributed by atoms with Crippen molar-refractivity contribution in [2.24, 2.45) is 5.73 Å². The van der Waals surface area contributed by atoms with Gasteiger partial charge in [0.2, 0.25) is 5.91 Å². The Kier molecular flexibility index (Phi) is 7.11. The number of carbonyl (C=O) groups excluding carboxylic acids is 1. The number of likely N-dealkylation sites (N-methyl/N-ethyl adjacent to an activating group) is 1. The molecule has 0 unspecified atom stereocenters. The van der Waals surface area contributed by atoms with Crippen LogP contribution in [0.5, 0.6) is 11.5 Å². The van der Waals surface area contributed by atoms with E-state index in [1.807, 2.05) is 54.6 Å². The highest BCUT2D eigenvalue weighted by Gasteiger charge is 2.07. The highest BCUT2D eigenvalue weighted by atomic mass is 16.5. The molecule has 0 bridgehead atoms. The maximum Gasteiger partial charge on any atom is 0.223 e. The van der Waals surface area contributed by atoms with E-state index in [2.05, 4.69) is 0 Å². The Morgan fingerprint density at radius 1 is 1.00 bits per heavy atom. The van der Waals surface area contributed by atoms with Gasteiger partial charge in [0.25, 0.3) is 0 Å². The maximum absolute atomic E-state index is 11.6. The number of benzene rings is 2. The third-order valence-electron chi connectivity index (χ3n) is 3.55. The fourth-order valence-electron chi connectivity index (χ4n) is 2.11. The van der Waals surface area contributed by atoms with E-state index in [0.29, 0.717) is 32.7 Å². The molecule has 0 aliphatic rings. The number of hydrogen-bond donors (Lipinski definition) is 1. The average Bonchev–Trinajstić information content (AvgIpc) is 2.62. The number of carbonyl (C=O) groups is 1. The predicted molar refractivity (Wildman–Crippen MR) is 94.0 cm³/mol. The van der Waals surface area contributed by atoms with E-state index in [0.717, 1.165) is 17.1 Å². The topological polar surface area (TPSA) is 64.8 Å². The molecule has 128 valence electrons. The number of rotatable bonds is 9. The molecule has 0 aliphatic heterocycles. The Balaban J connectivity index is 1.73. The Hall–Kier alpha value is -2.53. The molecule has 2 aromatic rings. The zero-order valence-corrected chi connectivity index (χ0v) is 14.0. The van der Waals surface area contributed by atoms with Crippen LogP contribution in [0.15, 0.2) is 54.6 Å². The van der Waals surface area contributed by atoms with Crippen LogP contribution >= 0.6 is 0 Å². The SMILES string of the molecule is CN(CCOc1ccc(OCc2ccccc2)cc1)C(=O)CCN. The molecule has 0 heterocycles. The third kappa shape index (κ3) is 5.93. The molecule has 0 atom stereocenters. The Labute approximate surface area is 143 Å². The van der Waals surface area contributed by atoms with E-state index in [4.69, 9.17) is 15.2 Å². The van der Waals surface area contributed by atoms with Gasteiger partial charge in [-0.3, -0.25) is 4.79 Å². The van der Waals surface area contributed by atoms with Gasteiger partial charge in [-0.15, -0.1) is 0 Å². The largest absolute Gasteiger partial charge is 0.492 e. The van der Waals surface area contributed by atoms with Crippen molar-refractivity contribution < 1.29 is 14.3 Å². The van der Waals surface area contributed by atoms with Crippen LogP contribution in [0.2, 0.25) is 0 Å². The molecule has 5 heteroatoms. The average molecular weight is 328 g/mol. The lowest BCUT2D eigenvalue weighted by molar-refractivity contribution is -0.130. The van der Waals surface area contributed by atoms with E-state index in [-0.39, 0.29) is 5.91 Å². The van der Waals surface area contributed by atoms with Gasteiger partial charge in [-0.1, -0.05) is 30.3 Å². The quantitative estimate of drug-likeness (QED) is 0.768. The van der Waals surface area contributed by atoms with Crippen molar-refractivity contribution in [2.45, 2.75) is 13.0 Å². The molecule has 2 aromatic carbocycles. The summed E-state index contributed by atoms with van der Waals surface area (Å²) in [5.74, 6) is 1.58. The normalized spacial score (nSPS) is 10.2. The minimum absolute atomic E-state index is 0.0331. The lowest BCUT2D eigenvalue weighted by atomic mass is 10.2. The summed E-state index contributed by atoms with van der Waals surface area (Å²) in [6, 6.07) is 17.5. The third-order valence-corrected chi connectivity index (χ3v) is 3.55. The van der Waals surface area contributed by atoms with E-state index in [9.17, 15) is 4.79 Å². The molecular weight excluding hydrogens is 304 g/mol. The van der Waals surface area contributed by atoms with Crippen LogP contribution in [0.4, 0.5) is 0 Å². The number of nitrogens with zero attached hydrogens (tertiary/aromatic N) is 1. The van der Waals surface area contributed by atoms with E-state index >= 15 is 0 Å². The number of hydrogen-bond acceptors (Lipinski definition) is 4. The van der Waals surface area contributed by atoms with Crippen LogP contribution in [0.25, 0.3) is 0 Å². The van der Waals surface area contributed by atoms with Gasteiger partial charge in [0, 0.05) is 20.0 Å². The van der Waals surface area contributed by atoms with Gasteiger partial charge in [0.15, 0.2) is 0 Å². The summed E-state index contributed by atoms with van der Waals surface area (Å²) in [4.78, 5) is 13.2. The summed E-state index contributed by atoms with van der Waals surface area (Å²) in [5.41, 5.74) is 6.50. The van der Waals surface area contributed by atoms with Gasteiger partial charge in [-0.2, -0.15) is 0 Å². The van der Waals surface area contributed by atoms with Gasteiger partial charge >= 0.3 is 0 Å². The van der Waals surface area contributed by atoms with Gasteiger partial charge in [-0.05, 0) is 29.8 Å². The molecule has 0 saturated heterocycles. The minimum atomic E-state index is 0.0331. The molecular formula is C19H24N2O3. The Bertz CT molecular complexity index is 614. The van der Waals surface area contributed by atoms with E-state index in [1.165, 1.54) is 0 Å². The fraction of sp³-hybridized carbons (Fsp3) is 0.316.